The number of alkyl halides is 3. The van der Waals surface area contributed by atoms with E-state index >= 15 is 0 Å². The van der Waals surface area contributed by atoms with Crippen LogP contribution in [0.1, 0.15) is 25.0 Å². The highest BCUT2D eigenvalue weighted by Crippen LogP contribution is 2.27. The molecular formula is C18H20F3N3O2. The van der Waals surface area contributed by atoms with Gasteiger partial charge in [0.2, 0.25) is 5.91 Å². The molecule has 0 aliphatic carbocycles. The lowest BCUT2D eigenvalue weighted by molar-refractivity contribution is -0.274. The Balaban J connectivity index is 2.16. The van der Waals surface area contributed by atoms with Crippen molar-refractivity contribution in [1.29, 1.82) is 0 Å². The molecule has 0 radical (unpaired) electrons. The molecule has 0 bridgehead atoms. The first-order chi connectivity index (χ1) is 12.2. The largest absolute Gasteiger partial charge is 0.573 e. The molecule has 5 nitrogen and oxygen atoms in total. The first-order valence-corrected chi connectivity index (χ1v) is 7.96. The van der Waals surface area contributed by atoms with Crippen LogP contribution in [-0.2, 0) is 18.4 Å². The molecular weight excluding hydrogens is 347 g/mol. The van der Waals surface area contributed by atoms with Gasteiger partial charge in [-0.1, -0.05) is 18.2 Å². The molecule has 1 aromatic heterocycles. The number of rotatable bonds is 6. The lowest BCUT2D eigenvalue weighted by Gasteiger charge is -2.25. The predicted molar refractivity (Wildman–Crippen MR) is 91.1 cm³/mol. The Labute approximate surface area is 149 Å². The van der Waals surface area contributed by atoms with Gasteiger partial charge in [0.15, 0.2) is 0 Å². The van der Waals surface area contributed by atoms with Crippen LogP contribution in [0.3, 0.4) is 0 Å². The highest BCUT2D eigenvalue weighted by Gasteiger charge is 2.31. The van der Waals surface area contributed by atoms with Crippen molar-refractivity contribution in [2.45, 2.75) is 32.8 Å². The number of para-hydroxylation sites is 1. The molecule has 0 unspecified atom stereocenters. The lowest BCUT2D eigenvalue weighted by Crippen LogP contribution is -2.35. The minimum Gasteiger partial charge on any atom is -0.405 e. The minimum atomic E-state index is -4.79. The zero-order valence-electron chi connectivity index (χ0n) is 14.7. The van der Waals surface area contributed by atoms with E-state index < -0.39 is 6.36 Å². The number of hydrogen-bond donors (Lipinski definition) is 0. The van der Waals surface area contributed by atoms with Crippen LogP contribution in [0, 0.1) is 0 Å². The molecule has 0 saturated heterocycles. The summed E-state index contributed by atoms with van der Waals surface area (Å²) in [6.07, 6.45) is 1.24. The van der Waals surface area contributed by atoms with E-state index in [9.17, 15) is 18.0 Å². The number of benzene rings is 1. The van der Waals surface area contributed by atoms with Gasteiger partial charge in [0, 0.05) is 43.0 Å². The second-order valence-electron chi connectivity index (χ2n) is 6.00. The molecule has 8 heteroatoms. The molecule has 140 valence electrons. The Hall–Kier alpha value is -2.77. The van der Waals surface area contributed by atoms with E-state index in [1.165, 1.54) is 30.4 Å². The van der Waals surface area contributed by atoms with E-state index in [4.69, 9.17) is 0 Å². The van der Waals surface area contributed by atoms with Crippen LogP contribution in [0.25, 0.3) is 6.08 Å². The third-order valence-electron chi connectivity index (χ3n) is 3.57. The molecule has 0 spiro atoms. The fourth-order valence-corrected chi connectivity index (χ4v) is 2.36. The van der Waals surface area contributed by atoms with Crippen LogP contribution in [0.2, 0.25) is 0 Å². The van der Waals surface area contributed by atoms with Gasteiger partial charge in [-0.25, -0.2) is 0 Å². The average molecular weight is 367 g/mol. The number of amides is 1. The van der Waals surface area contributed by atoms with Gasteiger partial charge in [0.1, 0.15) is 5.75 Å². The first-order valence-electron chi connectivity index (χ1n) is 7.96. The molecule has 26 heavy (non-hydrogen) atoms. The Bertz CT molecular complexity index is 782. The number of nitrogens with zero attached hydrogens (tertiary/aromatic N) is 3. The molecule has 0 N–H and O–H groups in total. The number of hydrogen-bond acceptors (Lipinski definition) is 3. The Morgan fingerprint density at radius 2 is 2.04 bits per heavy atom. The van der Waals surface area contributed by atoms with Gasteiger partial charge in [0.25, 0.3) is 0 Å². The van der Waals surface area contributed by atoms with E-state index in [1.807, 2.05) is 13.8 Å². The van der Waals surface area contributed by atoms with Crippen LogP contribution in [0.15, 0.2) is 42.7 Å². The highest BCUT2D eigenvalue weighted by atomic mass is 19.4. The van der Waals surface area contributed by atoms with Crippen LogP contribution < -0.4 is 4.74 Å². The summed E-state index contributed by atoms with van der Waals surface area (Å²) < 4.78 is 43.0. The van der Waals surface area contributed by atoms with E-state index in [1.54, 1.807) is 35.1 Å². The maximum Gasteiger partial charge on any atom is 0.573 e. The second-order valence-corrected chi connectivity index (χ2v) is 6.00. The van der Waals surface area contributed by atoms with Gasteiger partial charge < -0.3 is 9.64 Å². The third-order valence-corrected chi connectivity index (χ3v) is 3.57. The molecule has 1 amide bonds. The molecule has 0 aliphatic heterocycles. The second kappa shape index (κ2) is 8.07. The quantitative estimate of drug-likeness (QED) is 0.731. The summed E-state index contributed by atoms with van der Waals surface area (Å²) >= 11 is 0. The van der Waals surface area contributed by atoms with Crippen molar-refractivity contribution in [2.24, 2.45) is 7.05 Å². The Morgan fingerprint density at radius 3 is 2.62 bits per heavy atom. The molecule has 1 heterocycles. The maximum absolute atomic E-state index is 12.5. The fraction of sp³-hybridized carbons (Fsp3) is 0.333. The monoisotopic (exact) mass is 367 g/mol. The molecule has 1 aromatic carbocycles. The molecule has 0 fully saturated rings. The SMILES string of the molecule is CC(C)N(Cc1cnn(C)c1)C(=O)C=Cc1ccccc1OC(F)(F)F. The third kappa shape index (κ3) is 5.65. The van der Waals surface area contributed by atoms with Gasteiger partial charge in [-0.15, -0.1) is 13.2 Å². The van der Waals surface area contributed by atoms with Crippen LogP contribution in [0.4, 0.5) is 13.2 Å². The summed E-state index contributed by atoms with van der Waals surface area (Å²) in [5.41, 5.74) is 1.03. The van der Waals surface area contributed by atoms with Gasteiger partial charge in [-0.2, -0.15) is 5.10 Å². The van der Waals surface area contributed by atoms with E-state index in [-0.39, 0.29) is 23.3 Å². The van der Waals surface area contributed by atoms with Crippen molar-refractivity contribution in [3.05, 3.63) is 53.9 Å². The summed E-state index contributed by atoms with van der Waals surface area (Å²) in [5, 5.41) is 4.07. The molecule has 0 saturated carbocycles. The number of carbonyl (C=O) groups excluding carboxylic acids is 1. The van der Waals surface area contributed by atoms with Crippen molar-refractivity contribution in [3.63, 3.8) is 0 Å². The summed E-state index contributed by atoms with van der Waals surface area (Å²) in [4.78, 5) is 14.1. The van der Waals surface area contributed by atoms with Gasteiger partial charge >= 0.3 is 6.36 Å². The summed E-state index contributed by atoms with van der Waals surface area (Å²) in [7, 11) is 1.78. The Kier molecular flexibility index (Phi) is 6.07. The number of halogens is 3. The van der Waals surface area contributed by atoms with E-state index in [2.05, 4.69) is 9.84 Å². The average Bonchev–Trinajstić information content (AvgIpc) is 2.95. The number of carbonyl (C=O) groups is 1. The van der Waals surface area contributed by atoms with Crippen LogP contribution >= 0.6 is 0 Å². The molecule has 2 aromatic rings. The van der Waals surface area contributed by atoms with E-state index in [0.29, 0.717) is 6.54 Å². The topological polar surface area (TPSA) is 47.4 Å². The normalized spacial score (nSPS) is 12.0. The molecule has 0 atom stereocenters. The first kappa shape index (κ1) is 19.6. The van der Waals surface area contributed by atoms with Crippen LogP contribution in [-0.4, -0.2) is 33.0 Å². The predicted octanol–water partition coefficient (Wildman–Crippen LogP) is 3.77. The van der Waals surface area contributed by atoms with Crippen molar-refractivity contribution >= 4 is 12.0 Å². The zero-order valence-corrected chi connectivity index (χ0v) is 14.7. The fourth-order valence-electron chi connectivity index (χ4n) is 2.36. The molecule has 2 rings (SSSR count). The van der Waals surface area contributed by atoms with Gasteiger partial charge in [0.05, 0.1) is 6.20 Å². The summed E-state index contributed by atoms with van der Waals surface area (Å²) in [6, 6.07) is 5.57. The van der Waals surface area contributed by atoms with E-state index in [0.717, 1.165) is 5.56 Å². The minimum absolute atomic E-state index is 0.0889. The Morgan fingerprint density at radius 1 is 1.35 bits per heavy atom. The standard InChI is InChI=1S/C18H20F3N3O2/c1-13(2)24(12-14-10-22-23(3)11-14)17(25)9-8-15-6-4-5-7-16(15)26-18(19,20)21/h4-11,13H,12H2,1-3H3. The number of ether oxygens (including phenoxy) is 1. The van der Waals surface area contributed by atoms with Crippen molar-refractivity contribution in [2.75, 3.05) is 0 Å². The van der Waals surface area contributed by atoms with Gasteiger partial charge in [-0.3, -0.25) is 9.48 Å². The van der Waals surface area contributed by atoms with Crippen molar-refractivity contribution < 1.29 is 22.7 Å². The maximum atomic E-state index is 12.5. The summed E-state index contributed by atoms with van der Waals surface area (Å²) in [5.74, 6) is -0.668. The highest BCUT2D eigenvalue weighted by molar-refractivity contribution is 5.92. The van der Waals surface area contributed by atoms with Gasteiger partial charge in [-0.05, 0) is 26.0 Å². The van der Waals surface area contributed by atoms with Crippen LogP contribution in [0.5, 0.6) is 5.75 Å². The smallest absolute Gasteiger partial charge is 0.405 e. The molecule has 0 aliphatic rings. The zero-order chi connectivity index (χ0) is 19.3. The number of aromatic nitrogens is 2. The van der Waals surface area contributed by atoms with Crippen molar-refractivity contribution in [1.82, 2.24) is 14.7 Å². The summed E-state index contributed by atoms with van der Waals surface area (Å²) in [6.45, 7) is 4.08. The number of aryl methyl sites for hydroxylation is 1. The lowest BCUT2D eigenvalue weighted by atomic mass is 10.1. The van der Waals surface area contributed by atoms with Crippen molar-refractivity contribution in [3.8, 4) is 5.75 Å².